The number of rotatable bonds is 9. The quantitative estimate of drug-likeness (QED) is 0.185. The van der Waals surface area contributed by atoms with Crippen LogP contribution >= 0.6 is 0 Å². The topological polar surface area (TPSA) is 68.3 Å². The van der Waals surface area contributed by atoms with E-state index in [2.05, 4.69) is 17.5 Å². The number of ether oxygens (including phenoxy) is 3. The molecule has 0 aromatic heterocycles. The maximum absolute atomic E-state index is 14.1. The van der Waals surface area contributed by atoms with E-state index < -0.39 is 28.9 Å². The molecule has 0 unspecified atom stereocenters. The number of carbonyl (C=O) groups is 2. The Kier molecular flexibility index (Phi) is 8.24. The number of methoxy groups -OCH3 is 1. The van der Waals surface area contributed by atoms with Crippen LogP contribution in [0.3, 0.4) is 0 Å². The number of hydrogen-bond donors (Lipinski definition) is 0. The molecule has 7 nitrogen and oxygen atoms in total. The first-order chi connectivity index (χ1) is 21.9. The minimum Gasteiger partial charge on any atom is -0.493 e. The first-order valence-electron chi connectivity index (χ1n) is 15.9. The van der Waals surface area contributed by atoms with Gasteiger partial charge in [-0.15, -0.1) is 6.58 Å². The van der Waals surface area contributed by atoms with Gasteiger partial charge in [-0.1, -0.05) is 38.1 Å². The molecule has 1 saturated heterocycles. The van der Waals surface area contributed by atoms with Crippen LogP contribution in [0.4, 0.5) is 13.2 Å². The van der Waals surface area contributed by atoms with E-state index in [1.54, 1.807) is 13.2 Å². The molecule has 1 amide bonds. The number of amides is 1. The van der Waals surface area contributed by atoms with Crippen LogP contribution in [-0.4, -0.2) is 72.2 Å². The predicted molar refractivity (Wildman–Crippen MR) is 168 cm³/mol. The number of carbonyl (C=O) groups excluding carboxylic acids is 2. The first kappa shape index (κ1) is 32.2. The van der Waals surface area contributed by atoms with Gasteiger partial charge in [-0.2, -0.15) is 13.2 Å². The van der Waals surface area contributed by atoms with Crippen LogP contribution < -0.4 is 9.47 Å². The molecule has 2 aliphatic carbocycles. The third-order valence-corrected chi connectivity index (χ3v) is 10.3. The van der Waals surface area contributed by atoms with Crippen LogP contribution in [0.2, 0.25) is 0 Å². The van der Waals surface area contributed by atoms with Gasteiger partial charge >= 0.3 is 12.1 Å². The minimum atomic E-state index is -4.48. The van der Waals surface area contributed by atoms with Gasteiger partial charge in [0.25, 0.3) is 0 Å². The Morgan fingerprint density at radius 2 is 2.00 bits per heavy atom. The maximum atomic E-state index is 14.1. The van der Waals surface area contributed by atoms with E-state index in [9.17, 15) is 22.8 Å². The second-order valence-electron chi connectivity index (χ2n) is 13.3. The Hall–Kier alpha value is -3.79. The third-order valence-electron chi connectivity index (χ3n) is 10.3. The summed E-state index contributed by atoms with van der Waals surface area (Å²) in [5.41, 5.74) is 0.00665. The Bertz CT molecular complexity index is 1570. The highest BCUT2D eigenvalue weighted by molar-refractivity contribution is 5.92. The van der Waals surface area contributed by atoms with Crippen molar-refractivity contribution in [1.29, 1.82) is 0 Å². The molecule has 1 saturated carbocycles. The predicted octanol–water partition coefficient (Wildman–Crippen LogP) is 6.19. The fourth-order valence-corrected chi connectivity index (χ4v) is 8.76. The van der Waals surface area contributed by atoms with Crippen molar-refractivity contribution in [1.82, 2.24) is 9.80 Å². The number of likely N-dealkylation sites (tertiary alicyclic amines) is 1. The largest absolute Gasteiger partial charge is 0.493 e. The molecule has 6 rings (SSSR count). The minimum absolute atomic E-state index is 0.103. The molecule has 0 radical (unpaired) electrons. The van der Waals surface area contributed by atoms with Gasteiger partial charge in [0.2, 0.25) is 5.91 Å². The smallest absolute Gasteiger partial charge is 0.416 e. The molecule has 2 aromatic rings. The number of halogens is 3. The highest BCUT2D eigenvalue weighted by Crippen LogP contribution is 2.67. The fraction of sp³-hybridized carbons (Fsp3) is 0.500. The van der Waals surface area contributed by atoms with Crippen LogP contribution in [0.1, 0.15) is 62.3 Å². The van der Waals surface area contributed by atoms with E-state index in [4.69, 9.17) is 14.2 Å². The van der Waals surface area contributed by atoms with Crippen molar-refractivity contribution in [3.63, 3.8) is 0 Å². The number of hydrogen-bond acceptors (Lipinski definition) is 6. The maximum Gasteiger partial charge on any atom is 0.416 e. The lowest BCUT2D eigenvalue weighted by atomic mass is 9.48. The average Bonchev–Trinajstić information content (AvgIpc) is 3.35. The lowest BCUT2D eigenvalue weighted by Crippen LogP contribution is -2.79. The van der Waals surface area contributed by atoms with Crippen LogP contribution in [0.15, 0.2) is 55.1 Å². The molecule has 46 heavy (non-hydrogen) atoms. The van der Waals surface area contributed by atoms with Gasteiger partial charge in [0.05, 0.1) is 30.2 Å². The molecule has 1 spiro atoms. The Labute approximate surface area is 268 Å². The number of alkyl halides is 3. The molecule has 4 aliphatic rings. The molecule has 2 aromatic carbocycles. The summed E-state index contributed by atoms with van der Waals surface area (Å²) in [4.78, 5) is 31.2. The van der Waals surface area contributed by atoms with Crippen LogP contribution in [0, 0.1) is 5.92 Å². The van der Waals surface area contributed by atoms with Crippen molar-refractivity contribution < 1.29 is 37.0 Å². The van der Waals surface area contributed by atoms with Gasteiger partial charge in [0.1, 0.15) is 11.7 Å². The molecule has 10 heteroatoms. The van der Waals surface area contributed by atoms with E-state index in [1.807, 2.05) is 30.9 Å². The fourth-order valence-electron chi connectivity index (χ4n) is 8.76. The standard InChI is InChI=1S/C36H41F3N2O5/c1-6-17-40-18-16-34-31-25-11-12-28(44-5)32(31)45-33(34)27(14-15-35(34,29(40)20-25)46-23(4)42)41(21-22(2)3)30(43)13-10-24-8-7-9-26(19-24)36(37,38)39/h6-13,19,22,27,29,33H,1,14-18,20-21H2,2-5H3/t27-,29-,33+,34+,35-/m1/s1. The van der Waals surface area contributed by atoms with Gasteiger partial charge in [-0.05, 0) is 67.0 Å². The Morgan fingerprint density at radius 1 is 1.22 bits per heavy atom. The molecule has 5 atom stereocenters. The normalized spacial score (nSPS) is 28.0. The number of nitrogens with zero attached hydrogens (tertiary/aromatic N) is 2. The summed E-state index contributed by atoms with van der Waals surface area (Å²) in [6, 6.07) is 8.41. The van der Waals surface area contributed by atoms with Crippen LogP contribution in [0.25, 0.3) is 6.08 Å². The highest BCUT2D eigenvalue weighted by atomic mass is 19.4. The second kappa shape index (κ2) is 11.8. The number of benzene rings is 2. The van der Waals surface area contributed by atoms with E-state index in [0.29, 0.717) is 50.3 Å². The number of piperidine rings is 1. The zero-order valence-electron chi connectivity index (χ0n) is 26.7. The molecular weight excluding hydrogens is 597 g/mol. The summed E-state index contributed by atoms with van der Waals surface area (Å²) >= 11 is 0. The zero-order chi connectivity index (χ0) is 33.0. The number of esters is 1. The molecule has 0 N–H and O–H groups in total. The second-order valence-corrected chi connectivity index (χ2v) is 13.3. The van der Waals surface area contributed by atoms with E-state index in [1.165, 1.54) is 25.1 Å². The lowest BCUT2D eigenvalue weighted by Gasteiger charge is -2.65. The molecule has 246 valence electrons. The van der Waals surface area contributed by atoms with Crippen molar-refractivity contribution in [2.45, 2.75) is 81.8 Å². The Morgan fingerprint density at radius 3 is 2.67 bits per heavy atom. The van der Waals surface area contributed by atoms with E-state index in [0.717, 1.165) is 29.8 Å². The van der Waals surface area contributed by atoms with Crippen molar-refractivity contribution >= 4 is 18.0 Å². The molecule has 2 fully saturated rings. The van der Waals surface area contributed by atoms with E-state index >= 15 is 0 Å². The summed E-state index contributed by atoms with van der Waals surface area (Å²) in [7, 11) is 1.60. The summed E-state index contributed by atoms with van der Waals surface area (Å²) in [5, 5.41) is 0. The lowest BCUT2D eigenvalue weighted by molar-refractivity contribution is -0.223. The van der Waals surface area contributed by atoms with Crippen LogP contribution in [0.5, 0.6) is 11.5 Å². The van der Waals surface area contributed by atoms with Crippen molar-refractivity contribution in [2.24, 2.45) is 5.92 Å². The first-order valence-corrected chi connectivity index (χ1v) is 15.9. The van der Waals surface area contributed by atoms with E-state index in [-0.39, 0.29) is 35.4 Å². The SMILES string of the molecule is C=CCN1CC[C@]23c4c5ccc(OC)c4O[C@H]2[C@H](N(CC(C)C)C(=O)C=Cc2cccc(C(F)(F)F)c2)CC[C@@]3(OC(C)=O)[C@H]1C5. The average molecular weight is 639 g/mol. The van der Waals surface area contributed by atoms with Gasteiger partial charge in [-0.3, -0.25) is 14.5 Å². The summed E-state index contributed by atoms with van der Waals surface area (Å²) < 4.78 is 59.3. The molecule has 2 heterocycles. The van der Waals surface area contributed by atoms with Gasteiger partial charge in [0, 0.05) is 38.2 Å². The monoisotopic (exact) mass is 638 g/mol. The molecule has 2 aliphatic heterocycles. The van der Waals surface area contributed by atoms with Crippen molar-refractivity contribution in [2.75, 3.05) is 26.7 Å². The van der Waals surface area contributed by atoms with Crippen LogP contribution in [-0.2, 0) is 32.3 Å². The van der Waals surface area contributed by atoms with Gasteiger partial charge in [0.15, 0.2) is 11.5 Å². The molecular formula is C36H41F3N2O5. The van der Waals surface area contributed by atoms with Crippen molar-refractivity contribution in [3.05, 3.63) is 77.4 Å². The van der Waals surface area contributed by atoms with Gasteiger partial charge < -0.3 is 19.1 Å². The van der Waals surface area contributed by atoms with Gasteiger partial charge in [-0.25, -0.2) is 0 Å². The summed E-state index contributed by atoms with van der Waals surface area (Å²) in [6.45, 7) is 11.3. The highest BCUT2D eigenvalue weighted by Gasteiger charge is 2.75. The molecule has 2 bridgehead atoms. The van der Waals surface area contributed by atoms with Crippen molar-refractivity contribution in [3.8, 4) is 11.5 Å². The Balaban J connectivity index is 1.45. The summed E-state index contributed by atoms with van der Waals surface area (Å²) in [5.74, 6) is 0.666. The summed E-state index contributed by atoms with van der Waals surface area (Å²) in [6.07, 6.45) is 1.99. The third kappa shape index (κ3) is 5.00. The zero-order valence-corrected chi connectivity index (χ0v) is 26.7.